The van der Waals surface area contributed by atoms with E-state index < -0.39 is 0 Å². The predicted octanol–water partition coefficient (Wildman–Crippen LogP) is 6.25. The maximum Gasteiger partial charge on any atom is 0.173 e. The van der Waals surface area contributed by atoms with Gasteiger partial charge in [0.15, 0.2) is 5.11 Å². The van der Waals surface area contributed by atoms with Crippen LogP contribution >= 0.6 is 12.2 Å². The lowest BCUT2D eigenvalue weighted by Gasteiger charge is -2.27. The molecule has 0 aliphatic heterocycles. The molecule has 0 bridgehead atoms. The van der Waals surface area contributed by atoms with Crippen molar-refractivity contribution in [2.24, 2.45) is 0 Å². The Balaban J connectivity index is 1.42. The Bertz CT molecular complexity index is 1330. The van der Waals surface area contributed by atoms with E-state index in [0.29, 0.717) is 5.56 Å². The normalized spacial score (nSPS) is 10.6. The van der Waals surface area contributed by atoms with Crippen LogP contribution in [0.3, 0.4) is 0 Å². The van der Waals surface area contributed by atoms with Gasteiger partial charge in [0.2, 0.25) is 0 Å². The van der Waals surface area contributed by atoms with E-state index in [1.807, 2.05) is 36.8 Å². The lowest BCUT2D eigenvalue weighted by atomic mass is 10.1. The Hall–Kier alpha value is -3.95. The van der Waals surface area contributed by atoms with Crippen LogP contribution < -0.4 is 5.32 Å². The molecule has 0 saturated heterocycles. The van der Waals surface area contributed by atoms with Crippen LogP contribution in [0, 0.1) is 25.2 Å². The van der Waals surface area contributed by atoms with Gasteiger partial charge in [-0.05, 0) is 79.9 Å². The number of nitriles is 1. The van der Waals surface area contributed by atoms with E-state index in [0.717, 1.165) is 48.8 Å². The predicted molar refractivity (Wildman–Crippen MR) is 150 cm³/mol. The van der Waals surface area contributed by atoms with Crippen molar-refractivity contribution >= 4 is 23.0 Å². The van der Waals surface area contributed by atoms with Gasteiger partial charge in [0.1, 0.15) is 0 Å². The van der Waals surface area contributed by atoms with Gasteiger partial charge in [-0.2, -0.15) is 5.26 Å². The van der Waals surface area contributed by atoms with Gasteiger partial charge in [0.05, 0.1) is 18.0 Å². The summed E-state index contributed by atoms with van der Waals surface area (Å²) in [7, 11) is 0. The number of rotatable bonds is 9. The minimum atomic E-state index is 0.675. The molecule has 182 valence electrons. The number of anilines is 1. The molecular formula is C30H31N5S. The molecule has 0 saturated carbocycles. The lowest BCUT2D eigenvalue weighted by Crippen LogP contribution is -2.35. The zero-order valence-corrected chi connectivity index (χ0v) is 21.6. The average Bonchev–Trinajstić information content (AvgIpc) is 3.33. The van der Waals surface area contributed by atoms with Crippen molar-refractivity contribution in [2.75, 3.05) is 11.9 Å². The molecule has 0 spiro atoms. The summed E-state index contributed by atoms with van der Waals surface area (Å²) < 4.78 is 2.18. The fraction of sp³-hybridized carbons (Fsp3) is 0.233. The summed E-state index contributed by atoms with van der Waals surface area (Å²) in [5.41, 5.74) is 7.78. The summed E-state index contributed by atoms with van der Waals surface area (Å²) in [5.74, 6) is 0. The Morgan fingerprint density at radius 1 is 1.03 bits per heavy atom. The van der Waals surface area contributed by atoms with Crippen LogP contribution in [0.5, 0.6) is 0 Å². The topological polar surface area (TPSA) is 56.9 Å². The number of imidazole rings is 1. The molecule has 0 aliphatic rings. The summed E-state index contributed by atoms with van der Waals surface area (Å²) in [4.78, 5) is 6.63. The highest BCUT2D eigenvalue weighted by Gasteiger charge is 2.13. The van der Waals surface area contributed by atoms with Gasteiger partial charge < -0.3 is 14.8 Å². The minimum Gasteiger partial charge on any atom is -0.345 e. The molecule has 36 heavy (non-hydrogen) atoms. The lowest BCUT2D eigenvalue weighted by molar-refractivity contribution is 0.407. The van der Waals surface area contributed by atoms with E-state index >= 15 is 0 Å². The fourth-order valence-electron chi connectivity index (χ4n) is 4.12. The maximum absolute atomic E-state index is 9.03. The van der Waals surface area contributed by atoms with Gasteiger partial charge in [-0.25, -0.2) is 4.98 Å². The maximum atomic E-state index is 9.03. The van der Waals surface area contributed by atoms with E-state index in [1.165, 1.54) is 22.4 Å². The molecule has 0 radical (unpaired) electrons. The molecule has 0 aliphatic carbocycles. The minimum absolute atomic E-state index is 0.675. The Morgan fingerprint density at radius 2 is 1.78 bits per heavy atom. The van der Waals surface area contributed by atoms with Crippen LogP contribution in [0.25, 0.3) is 0 Å². The van der Waals surface area contributed by atoms with E-state index in [1.54, 1.807) is 0 Å². The van der Waals surface area contributed by atoms with Gasteiger partial charge in [0, 0.05) is 37.2 Å². The van der Waals surface area contributed by atoms with Gasteiger partial charge in [-0.1, -0.05) is 54.1 Å². The second-order valence-electron chi connectivity index (χ2n) is 9.07. The smallest absolute Gasteiger partial charge is 0.173 e. The molecular weight excluding hydrogens is 462 g/mol. The van der Waals surface area contributed by atoms with E-state index in [-0.39, 0.29) is 0 Å². The number of nitrogens with one attached hydrogen (secondary N) is 1. The number of benzene rings is 3. The third kappa shape index (κ3) is 6.80. The second kappa shape index (κ2) is 12.1. The summed E-state index contributed by atoms with van der Waals surface area (Å²) in [5, 5.41) is 13.2. The first-order valence-electron chi connectivity index (χ1n) is 12.2. The van der Waals surface area contributed by atoms with Crippen molar-refractivity contribution in [1.82, 2.24) is 14.5 Å². The highest BCUT2D eigenvalue weighted by atomic mass is 32.1. The number of hydrogen-bond acceptors (Lipinski definition) is 3. The average molecular weight is 494 g/mol. The molecule has 1 heterocycles. The van der Waals surface area contributed by atoms with Gasteiger partial charge >= 0.3 is 0 Å². The first kappa shape index (κ1) is 25.2. The largest absolute Gasteiger partial charge is 0.345 e. The zero-order chi connectivity index (χ0) is 25.3. The first-order valence-corrected chi connectivity index (χ1v) is 12.6. The number of thiocarbonyl (C=S) groups is 1. The molecule has 0 atom stereocenters. The van der Waals surface area contributed by atoms with E-state index in [4.69, 9.17) is 17.5 Å². The highest BCUT2D eigenvalue weighted by Crippen LogP contribution is 2.16. The molecule has 0 fully saturated rings. The number of aryl methyl sites for hydroxylation is 3. The molecule has 0 amide bonds. The number of aromatic nitrogens is 2. The fourth-order valence-corrected chi connectivity index (χ4v) is 4.39. The third-order valence-electron chi connectivity index (χ3n) is 6.31. The van der Waals surface area contributed by atoms with Crippen molar-refractivity contribution in [2.45, 2.75) is 39.8 Å². The standard InChI is InChI=1S/C30H31N5S/c1-23-9-15-28(16-10-23)33-30(36)34(21-27-7-4-3-6-24(27)2)17-5-8-29-19-32-22-35(29)20-26-13-11-25(18-31)12-14-26/h3-4,6-7,9-16,19,22H,5,8,17,20-21H2,1-2H3,(H,33,36). The van der Waals surface area contributed by atoms with Crippen molar-refractivity contribution < 1.29 is 0 Å². The quantitative estimate of drug-likeness (QED) is 0.279. The zero-order valence-electron chi connectivity index (χ0n) is 20.8. The van der Waals surface area contributed by atoms with E-state index in [9.17, 15) is 0 Å². The van der Waals surface area contributed by atoms with Crippen molar-refractivity contribution in [3.05, 3.63) is 119 Å². The monoisotopic (exact) mass is 493 g/mol. The van der Waals surface area contributed by atoms with Crippen molar-refractivity contribution in [3.63, 3.8) is 0 Å². The number of nitrogens with zero attached hydrogens (tertiary/aromatic N) is 4. The molecule has 6 heteroatoms. The summed E-state index contributed by atoms with van der Waals surface area (Å²) in [6.07, 6.45) is 5.66. The highest BCUT2D eigenvalue weighted by molar-refractivity contribution is 7.80. The summed E-state index contributed by atoms with van der Waals surface area (Å²) in [6, 6.07) is 26.7. The van der Waals surface area contributed by atoms with Crippen molar-refractivity contribution in [3.8, 4) is 6.07 Å². The Morgan fingerprint density at radius 3 is 2.50 bits per heavy atom. The van der Waals surface area contributed by atoms with Crippen LogP contribution in [0.15, 0.2) is 85.3 Å². The van der Waals surface area contributed by atoms with Crippen LogP contribution in [-0.2, 0) is 19.5 Å². The van der Waals surface area contributed by atoms with E-state index in [2.05, 4.69) is 88.2 Å². The van der Waals surface area contributed by atoms with Gasteiger partial charge in [-0.15, -0.1) is 0 Å². The first-order chi connectivity index (χ1) is 17.5. The summed E-state index contributed by atoms with van der Waals surface area (Å²) in [6.45, 7) is 6.55. The molecule has 4 rings (SSSR count). The third-order valence-corrected chi connectivity index (χ3v) is 6.67. The summed E-state index contributed by atoms with van der Waals surface area (Å²) >= 11 is 5.85. The molecule has 1 N–H and O–H groups in total. The van der Waals surface area contributed by atoms with Crippen molar-refractivity contribution in [1.29, 1.82) is 5.26 Å². The van der Waals surface area contributed by atoms with Crippen LogP contribution in [0.4, 0.5) is 5.69 Å². The SMILES string of the molecule is Cc1ccc(NC(=S)N(CCCc2cncn2Cc2ccc(C#N)cc2)Cc2ccccc2C)cc1. The Kier molecular flexibility index (Phi) is 8.48. The number of hydrogen-bond donors (Lipinski definition) is 1. The molecule has 3 aromatic carbocycles. The Labute approximate surface area is 219 Å². The van der Waals surface area contributed by atoms with Crippen LogP contribution in [0.2, 0.25) is 0 Å². The van der Waals surface area contributed by atoms with Crippen LogP contribution in [-0.4, -0.2) is 26.1 Å². The second-order valence-corrected chi connectivity index (χ2v) is 9.46. The molecule has 5 nitrogen and oxygen atoms in total. The van der Waals surface area contributed by atoms with Crippen LogP contribution in [0.1, 0.15) is 39.9 Å². The molecule has 4 aromatic rings. The molecule has 0 unspecified atom stereocenters. The molecule has 1 aromatic heterocycles. The van der Waals surface area contributed by atoms with Gasteiger partial charge in [0.25, 0.3) is 0 Å². The van der Waals surface area contributed by atoms with Gasteiger partial charge in [-0.3, -0.25) is 0 Å².